The SMILES string of the molecule is CN(Cc1cc(C(F)(F)F)cc(C(F)(F)F)c1)C1CN(C(=O)N2CCN(S(C)(=O)=O)CC2)CC1c1ccccc1. The molecule has 14 heteroatoms. The van der Waals surface area contributed by atoms with Crippen LogP contribution in [0.3, 0.4) is 0 Å². The Hall–Kier alpha value is -2.84. The number of hydrogen-bond donors (Lipinski definition) is 0. The molecule has 0 radical (unpaired) electrons. The Morgan fingerprint density at radius 1 is 0.875 bits per heavy atom. The van der Waals surface area contributed by atoms with E-state index >= 15 is 0 Å². The molecule has 0 bridgehead atoms. The third-order valence-electron chi connectivity index (χ3n) is 7.41. The molecule has 2 aliphatic rings. The van der Waals surface area contributed by atoms with Gasteiger partial charge in [-0.2, -0.15) is 30.6 Å². The number of urea groups is 1. The van der Waals surface area contributed by atoms with Crippen LogP contribution in [0.15, 0.2) is 48.5 Å². The van der Waals surface area contributed by atoms with Crippen LogP contribution in [0.5, 0.6) is 0 Å². The Labute approximate surface area is 229 Å². The molecule has 2 heterocycles. The summed E-state index contributed by atoms with van der Waals surface area (Å²) in [7, 11) is -1.76. The van der Waals surface area contributed by atoms with Crippen LogP contribution in [0.2, 0.25) is 0 Å². The highest BCUT2D eigenvalue weighted by atomic mass is 32.2. The van der Waals surface area contributed by atoms with Crippen LogP contribution in [0.1, 0.15) is 28.2 Å². The Bertz CT molecular complexity index is 1280. The van der Waals surface area contributed by atoms with Gasteiger partial charge in [0.25, 0.3) is 0 Å². The molecule has 2 aliphatic heterocycles. The van der Waals surface area contributed by atoms with E-state index in [1.165, 1.54) is 4.31 Å². The Kier molecular flexibility index (Phi) is 8.44. The number of likely N-dealkylation sites (N-methyl/N-ethyl adjacent to an activating group) is 1. The molecule has 0 saturated carbocycles. The van der Waals surface area contributed by atoms with E-state index in [0.29, 0.717) is 6.54 Å². The van der Waals surface area contributed by atoms with E-state index < -0.39 is 39.5 Å². The van der Waals surface area contributed by atoms with Crippen molar-refractivity contribution in [2.45, 2.75) is 30.9 Å². The minimum absolute atomic E-state index is 0.107. The maximum absolute atomic E-state index is 13.4. The third-order valence-corrected chi connectivity index (χ3v) is 8.71. The zero-order valence-corrected chi connectivity index (χ0v) is 22.7. The quantitative estimate of drug-likeness (QED) is 0.486. The van der Waals surface area contributed by atoms with E-state index in [1.54, 1.807) is 21.7 Å². The van der Waals surface area contributed by atoms with Gasteiger partial charge in [0.05, 0.1) is 17.4 Å². The summed E-state index contributed by atoms with van der Waals surface area (Å²) in [6.07, 6.45) is -8.78. The molecular formula is C26H30F6N4O3S. The van der Waals surface area contributed by atoms with Gasteiger partial charge < -0.3 is 9.80 Å². The largest absolute Gasteiger partial charge is 0.416 e. The summed E-state index contributed by atoms with van der Waals surface area (Å²) < 4.78 is 105. The monoisotopic (exact) mass is 592 g/mol. The van der Waals surface area contributed by atoms with Gasteiger partial charge in [-0.25, -0.2) is 13.2 Å². The smallest absolute Gasteiger partial charge is 0.322 e. The average Bonchev–Trinajstić information content (AvgIpc) is 3.33. The van der Waals surface area contributed by atoms with Gasteiger partial charge in [0.15, 0.2) is 0 Å². The van der Waals surface area contributed by atoms with Crippen molar-refractivity contribution in [3.63, 3.8) is 0 Å². The molecule has 0 N–H and O–H groups in total. The molecular weight excluding hydrogens is 562 g/mol. The van der Waals surface area contributed by atoms with Gasteiger partial charge in [0, 0.05) is 57.8 Å². The van der Waals surface area contributed by atoms with Crippen LogP contribution in [-0.2, 0) is 28.9 Å². The first-order valence-electron chi connectivity index (χ1n) is 12.6. The van der Waals surface area contributed by atoms with Crippen molar-refractivity contribution in [1.29, 1.82) is 0 Å². The topological polar surface area (TPSA) is 64.2 Å². The molecule has 2 unspecified atom stereocenters. The number of piperazine rings is 1. The highest BCUT2D eigenvalue weighted by molar-refractivity contribution is 7.88. The van der Waals surface area contributed by atoms with Gasteiger partial charge in [0.2, 0.25) is 10.0 Å². The van der Waals surface area contributed by atoms with Crippen molar-refractivity contribution in [2.75, 3.05) is 52.6 Å². The van der Waals surface area contributed by atoms with Gasteiger partial charge in [-0.05, 0) is 36.4 Å². The number of hydrogen-bond acceptors (Lipinski definition) is 4. The Morgan fingerprint density at radius 3 is 1.93 bits per heavy atom. The van der Waals surface area contributed by atoms with Crippen LogP contribution in [0, 0.1) is 0 Å². The normalized spacial score (nSPS) is 21.3. The summed E-state index contributed by atoms with van der Waals surface area (Å²) in [6, 6.07) is 10.1. The molecule has 2 amide bonds. The first kappa shape index (κ1) is 30.1. The second kappa shape index (κ2) is 11.2. The fourth-order valence-electron chi connectivity index (χ4n) is 5.34. The van der Waals surface area contributed by atoms with Gasteiger partial charge in [-0.3, -0.25) is 4.90 Å². The fourth-order valence-corrected chi connectivity index (χ4v) is 6.17. The lowest BCUT2D eigenvalue weighted by Crippen LogP contribution is -2.53. The predicted molar refractivity (Wildman–Crippen MR) is 136 cm³/mol. The second-order valence-electron chi connectivity index (χ2n) is 10.3. The minimum Gasteiger partial charge on any atom is -0.322 e. The molecule has 40 heavy (non-hydrogen) atoms. The van der Waals surface area contributed by atoms with Crippen LogP contribution in [0.4, 0.5) is 31.1 Å². The standard InChI is InChI=1S/C26H30F6N4O3S/c1-33(15-18-12-20(25(27,28)29)14-21(13-18)26(30,31)32)23-17-35(16-22(23)19-6-4-3-5-7-19)24(37)34-8-10-36(11-9-34)40(2,38)39/h3-7,12-14,22-23H,8-11,15-17H2,1-2H3. The summed E-state index contributed by atoms with van der Waals surface area (Å²) in [5, 5.41) is 0. The fraction of sp³-hybridized carbons (Fsp3) is 0.500. The van der Waals surface area contributed by atoms with Gasteiger partial charge in [-0.15, -0.1) is 0 Å². The highest BCUT2D eigenvalue weighted by Gasteiger charge is 2.41. The van der Waals surface area contributed by atoms with Crippen molar-refractivity contribution < 1.29 is 39.6 Å². The Morgan fingerprint density at radius 2 is 1.43 bits per heavy atom. The lowest BCUT2D eigenvalue weighted by Gasteiger charge is -2.35. The van der Waals surface area contributed by atoms with Crippen LogP contribution < -0.4 is 0 Å². The molecule has 7 nitrogen and oxygen atoms in total. The highest BCUT2D eigenvalue weighted by Crippen LogP contribution is 2.37. The lowest BCUT2D eigenvalue weighted by atomic mass is 9.93. The lowest BCUT2D eigenvalue weighted by molar-refractivity contribution is -0.143. The van der Waals surface area contributed by atoms with E-state index in [-0.39, 0.29) is 62.8 Å². The number of halogens is 6. The van der Waals surface area contributed by atoms with E-state index in [1.807, 2.05) is 30.3 Å². The van der Waals surface area contributed by atoms with Crippen molar-refractivity contribution in [2.24, 2.45) is 0 Å². The number of likely N-dealkylation sites (tertiary alicyclic amines) is 1. The number of amides is 2. The number of sulfonamides is 1. The van der Waals surface area contributed by atoms with Crippen molar-refractivity contribution >= 4 is 16.1 Å². The van der Waals surface area contributed by atoms with Crippen molar-refractivity contribution in [3.05, 3.63) is 70.8 Å². The minimum atomic E-state index is -4.95. The van der Waals surface area contributed by atoms with E-state index in [0.717, 1.165) is 24.0 Å². The molecule has 0 aromatic heterocycles. The van der Waals surface area contributed by atoms with E-state index in [2.05, 4.69) is 0 Å². The molecule has 0 spiro atoms. The van der Waals surface area contributed by atoms with Crippen LogP contribution >= 0.6 is 0 Å². The average molecular weight is 593 g/mol. The van der Waals surface area contributed by atoms with Gasteiger partial charge in [0.1, 0.15) is 0 Å². The number of carbonyl (C=O) groups is 1. The summed E-state index contributed by atoms with van der Waals surface area (Å²) >= 11 is 0. The summed E-state index contributed by atoms with van der Waals surface area (Å²) in [6.45, 7) is 1.05. The van der Waals surface area contributed by atoms with Gasteiger partial charge >= 0.3 is 18.4 Å². The van der Waals surface area contributed by atoms with Crippen molar-refractivity contribution in [1.82, 2.24) is 19.0 Å². The molecule has 0 aliphatic carbocycles. The zero-order chi connectivity index (χ0) is 29.5. The first-order valence-corrected chi connectivity index (χ1v) is 14.4. The number of alkyl halides is 6. The number of rotatable bonds is 5. The maximum Gasteiger partial charge on any atom is 0.416 e. The molecule has 2 atom stereocenters. The molecule has 220 valence electrons. The number of benzene rings is 2. The number of nitrogens with zero attached hydrogens (tertiary/aromatic N) is 4. The molecule has 2 fully saturated rings. The first-order chi connectivity index (χ1) is 18.5. The molecule has 2 saturated heterocycles. The molecule has 4 rings (SSSR count). The zero-order valence-electron chi connectivity index (χ0n) is 21.9. The van der Waals surface area contributed by atoms with Gasteiger partial charge in [-0.1, -0.05) is 30.3 Å². The van der Waals surface area contributed by atoms with E-state index in [4.69, 9.17) is 0 Å². The van der Waals surface area contributed by atoms with Crippen LogP contribution in [-0.4, -0.2) is 92.1 Å². The second-order valence-corrected chi connectivity index (χ2v) is 12.2. The molecule has 2 aromatic rings. The van der Waals surface area contributed by atoms with Crippen molar-refractivity contribution in [3.8, 4) is 0 Å². The third kappa shape index (κ3) is 6.89. The summed E-state index contributed by atoms with van der Waals surface area (Å²) in [5.74, 6) is -0.250. The Balaban J connectivity index is 1.56. The summed E-state index contributed by atoms with van der Waals surface area (Å²) in [5.41, 5.74) is -2.00. The van der Waals surface area contributed by atoms with Crippen LogP contribution in [0.25, 0.3) is 0 Å². The summed E-state index contributed by atoms with van der Waals surface area (Å²) in [4.78, 5) is 18.2. The maximum atomic E-state index is 13.4. The number of carbonyl (C=O) groups excluding carboxylic acids is 1. The van der Waals surface area contributed by atoms with E-state index in [9.17, 15) is 39.6 Å². The molecule has 2 aromatic carbocycles. The predicted octanol–water partition coefficient (Wildman–Crippen LogP) is 4.32.